The molecule has 0 aliphatic carbocycles. The SMILES string of the molecule is CC(NS(=O)(=O)c1ccc(Cl)c([N+](=O)[O-])c1)c1cn[nH]c1. The zero-order valence-electron chi connectivity index (χ0n) is 10.8. The predicted molar refractivity (Wildman–Crippen MR) is 75.4 cm³/mol. The summed E-state index contributed by atoms with van der Waals surface area (Å²) >= 11 is 5.66. The van der Waals surface area contributed by atoms with Crippen LogP contribution in [0, 0.1) is 10.1 Å². The van der Waals surface area contributed by atoms with Gasteiger partial charge in [-0.2, -0.15) is 5.10 Å². The minimum Gasteiger partial charge on any atom is -0.285 e. The topological polar surface area (TPSA) is 118 Å². The summed E-state index contributed by atoms with van der Waals surface area (Å²) in [5.41, 5.74) is 0.178. The Bertz CT molecular complexity index is 761. The molecule has 0 saturated heterocycles. The number of hydrogen-bond acceptors (Lipinski definition) is 5. The van der Waals surface area contributed by atoms with Crippen molar-refractivity contribution in [3.63, 3.8) is 0 Å². The maximum Gasteiger partial charge on any atom is 0.289 e. The molecule has 0 aliphatic heterocycles. The van der Waals surface area contributed by atoms with Crippen molar-refractivity contribution in [3.8, 4) is 0 Å². The van der Waals surface area contributed by atoms with Crippen LogP contribution in [0.5, 0.6) is 0 Å². The van der Waals surface area contributed by atoms with Gasteiger partial charge in [-0.3, -0.25) is 15.2 Å². The summed E-state index contributed by atoms with van der Waals surface area (Å²) in [5, 5.41) is 17.0. The Morgan fingerprint density at radius 2 is 2.19 bits per heavy atom. The van der Waals surface area contributed by atoms with E-state index in [9.17, 15) is 18.5 Å². The first-order valence-electron chi connectivity index (χ1n) is 5.76. The molecule has 1 atom stereocenters. The van der Waals surface area contributed by atoms with E-state index in [1.807, 2.05) is 0 Å². The van der Waals surface area contributed by atoms with Crippen LogP contribution in [-0.2, 0) is 10.0 Å². The third-order valence-corrected chi connectivity index (χ3v) is 4.63. The average Bonchev–Trinajstić information content (AvgIpc) is 2.92. The van der Waals surface area contributed by atoms with Gasteiger partial charge in [0.1, 0.15) is 5.02 Å². The summed E-state index contributed by atoms with van der Waals surface area (Å²) in [7, 11) is -3.91. The number of nitrogens with one attached hydrogen (secondary N) is 2. The molecule has 0 bridgehead atoms. The maximum atomic E-state index is 12.2. The molecule has 10 heteroatoms. The van der Waals surface area contributed by atoms with Gasteiger partial charge in [-0.05, 0) is 19.1 Å². The molecule has 0 fully saturated rings. The van der Waals surface area contributed by atoms with Crippen molar-refractivity contribution < 1.29 is 13.3 Å². The Kier molecular flexibility index (Phi) is 4.26. The lowest BCUT2D eigenvalue weighted by Crippen LogP contribution is -2.26. The highest BCUT2D eigenvalue weighted by molar-refractivity contribution is 7.89. The molecular weight excluding hydrogens is 320 g/mol. The van der Waals surface area contributed by atoms with E-state index in [1.54, 1.807) is 13.1 Å². The van der Waals surface area contributed by atoms with Crippen LogP contribution in [0.3, 0.4) is 0 Å². The molecule has 2 N–H and O–H groups in total. The molecule has 2 rings (SSSR count). The lowest BCUT2D eigenvalue weighted by atomic mass is 10.2. The van der Waals surface area contributed by atoms with Gasteiger partial charge >= 0.3 is 0 Å². The Hall–Kier alpha value is -1.97. The highest BCUT2D eigenvalue weighted by Gasteiger charge is 2.23. The molecule has 8 nitrogen and oxygen atoms in total. The summed E-state index contributed by atoms with van der Waals surface area (Å²) in [6, 6.07) is 2.77. The van der Waals surface area contributed by atoms with Gasteiger partial charge in [0.05, 0.1) is 16.0 Å². The van der Waals surface area contributed by atoms with E-state index in [1.165, 1.54) is 18.3 Å². The van der Waals surface area contributed by atoms with Crippen LogP contribution < -0.4 is 4.72 Å². The highest BCUT2D eigenvalue weighted by Crippen LogP contribution is 2.27. The molecule has 0 amide bonds. The quantitative estimate of drug-likeness (QED) is 0.642. The summed E-state index contributed by atoms with van der Waals surface area (Å²) < 4.78 is 26.8. The largest absolute Gasteiger partial charge is 0.289 e. The Morgan fingerprint density at radius 3 is 2.76 bits per heavy atom. The number of halogens is 1. The van der Waals surface area contributed by atoms with Crippen molar-refractivity contribution in [1.82, 2.24) is 14.9 Å². The molecule has 1 unspecified atom stereocenters. The number of nitro benzene ring substituents is 1. The number of aromatic amines is 1. The third-order valence-electron chi connectivity index (χ3n) is 2.78. The fourth-order valence-corrected chi connectivity index (χ4v) is 3.10. The van der Waals surface area contributed by atoms with Crippen LogP contribution in [0.1, 0.15) is 18.5 Å². The number of benzene rings is 1. The first-order chi connectivity index (χ1) is 9.81. The second-order valence-corrected chi connectivity index (χ2v) is 6.37. The molecule has 0 radical (unpaired) electrons. The summed E-state index contributed by atoms with van der Waals surface area (Å²) in [4.78, 5) is 9.84. The number of rotatable bonds is 5. The standard InChI is InChI=1S/C11H11ClN4O4S/c1-7(8-5-13-14-6-8)15-21(19,20)9-2-3-10(12)11(4-9)16(17)18/h2-7,15H,1H3,(H,13,14). The van der Waals surface area contributed by atoms with Crippen molar-refractivity contribution >= 4 is 27.3 Å². The van der Waals surface area contributed by atoms with Gasteiger partial charge in [0.2, 0.25) is 10.0 Å². The minimum absolute atomic E-state index is 0.123. The summed E-state index contributed by atoms with van der Waals surface area (Å²) in [6.07, 6.45) is 3.04. The van der Waals surface area contributed by atoms with E-state index in [0.717, 1.165) is 6.07 Å². The highest BCUT2D eigenvalue weighted by atomic mass is 35.5. The molecule has 0 aliphatic rings. The lowest BCUT2D eigenvalue weighted by molar-refractivity contribution is -0.384. The van der Waals surface area contributed by atoms with E-state index in [2.05, 4.69) is 14.9 Å². The lowest BCUT2D eigenvalue weighted by Gasteiger charge is -2.12. The molecule has 2 aromatic rings. The molecule has 1 aromatic carbocycles. The molecule has 0 saturated carbocycles. The molecule has 112 valence electrons. The molecule has 0 spiro atoms. The fraction of sp³-hybridized carbons (Fsp3) is 0.182. The number of aromatic nitrogens is 2. The second kappa shape index (κ2) is 5.80. The van der Waals surface area contributed by atoms with Crippen LogP contribution in [0.15, 0.2) is 35.5 Å². The van der Waals surface area contributed by atoms with Crippen molar-refractivity contribution in [2.75, 3.05) is 0 Å². The molecule has 1 aromatic heterocycles. The van der Waals surface area contributed by atoms with Gasteiger partial charge in [-0.15, -0.1) is 0 Å². The van der Waals surface area contributed by atoms with Crippen LogP contribution in [0.4, 0.5) is 5.69 Å². The van der Waals surface area contributed by atoms with Crippen LogP contribution in [0.25, 0.3) is 0 Å². The Balaban J connectivity index is 2.32. The van der Waals surface area contributed by atoms with E-state index < -0.39 is 26.7 Å². The van der Waals surface area contributed by atoms with Crippen molar-refractivity contribution in [1.29, 1.82) is 0 Å². The monoisotopic (exact) mass is 330 g/mol. The molecule has 21 heavy (non-hydrogen) atoms. The first kappa shape index (κ1) is 15.4. The van der Waals surface area contributed by atoms with E-state index in [-0.39, 0.29) is 9.92 Å². The van der Waals surface area contributed by atoms with Crippen LogP contribution in [-0.4, -0.2) is 23.5 Å². The Morgan fingerprint density at radius 1 is 1.48 bits per heavy atom. The van der Waals surface area contributed by atoms with Crippen molar-refractivity contribution in [2.45, 2.75) is 17.9 Å². The minimum atomic E-state index is -3.91. The molecular formula is C11H11ClN4O4S. The van der Waals surface area contributed by atoms with Crippen LogP contribution in [0.2, 0.25) is 5.02 Å². The predicted octanol–water partition coefficient (Wildman–Crippen LogP) is 2.01. The Labute approximate surface area is 125 Å². The van der Waals surface area contributed by atoms with Gasteiger partial charge in [-0.1, -0.05) is 11.6 Å². The van der Waals surface area contributed by atoms with Gasteiger partial charge in [0.25, 0.3) is 5.69 Å². The second-order valence-electron chi connectivity index (χ2n) is 4.24. The molecule has 1 heterocycles. The van der Waals surface area contributed by atoms with E-state index in [4.69, 9.17) is 11.6 Å². The van der Waals surface area contributed by atoms with Gasteiger partial charge < -0.3 is 0 Å². The van der Waals surface area contributed by atoms with Gasteiger partial charge in [0, 0.05) is 23.9 Å². The summed E-state index contributed by atoms with van der Waals surface area (Å²) in [5.74, 6) is 0. The number of hydrogen-bond donors (Lipinski definition) is 2. The zero-order chi connectivity index (χ0) is 15.6. The summed E-state index contributed by atoms with van der Waals surface area (Å²) in [6.45, 7) is 1.63. The van der Waals surface area contributed by atoms with E-state index in [0.29, 0.717) is 5.56 Å². The van der Waals surface area contributed by atoms with Crippen molar-refractivity contribution in [2.24, 2.45) is 0 Å². The van der Waals surface area contributed by atoms with Crippen LogP contribution >= 0.6 is 11.6 Å². The smallest absolute Gasteiger partial charge is 0.285 e. The van der Waals surface area contributed by atoms with E-state index >= 15 is 0 Å². The van der Waals surface area contributed by atoms with Gasteiger partial charge in [-0.25, -0.2) is 13.1 Å². The zero-order valence-corrected chi connectivity index (χ0v) is 12.4. The average molecular weight is 331 g/mol. The van der Waals surface area contributed by atoms with Gasteiger partial charge in [0.15, 0.2) is 0 Å². The first-order valence-corrected chi connectivity index (χ1v) is 7.62. The number of nitro groups is 1. The maximum absolute atomic E-state index is 12.2. The number of nitrogens with zero attached hydrogens (tertiary/aromatic N) is 2. The van der Waals surface area contributed by atoms with Crippen molar-refractivity contribution in [3.05, 3.63) is 51.3 Å². The fourth-order valence-electron chi connectivity index (χ4n) is 1.67. The number of H-pyrrole nitrogens is 1. The third kappa shape index (κ3) is 3.38. The normalized spacial score (nSPS) is 13.0. The number of sulfonamides is 1.